The van der Waals surface area contributed by atoms with Crippen LogP contribution in [-0.2, 0) is 4.79 Å². The van der Waals surface area contributed by atoms with Gasteiger partial charge in [-0.05, 0) is 31.2 Å². The Balaban J connectivity index is 1.42. The highest BCUT2D eigenvalue weighted by Crippen LogP contribution is 2.34. The van der Waals surface area contributed by atoms with Crippen molar-refractivity contribution in [1.82, 2.24) is 25.5 Å². The maximum Gasteiger partial charge on any atom is 0.321 e. The van der Waals surface area contributed by atoms with E-state index < -0.39 is 6.29 Å². The Hall–Kier alpha value is -3.42. The number of amides is 1. The number of fused-ring (bicyclic) bond motifs is 1. The van der Waals surface area contributed by atoms with Gasteiger partial charge in [0.2, 0.25) is 0 Å². The van der Waals surface area contributed by atoms with Crippen molar-refractivity contribution in [3.8, 4) is 22.9 Å². The summed E-state index contributed by atoms with van der Waals surface area (Å²) in [6.45, 7) is 1.80. The number of nitrogens with zero attached hydrogens (tertiary/aromatic N) is 3. The van der Waals surface area contributed by atoms with E-state index in [9.17, 15) is 4.79 Å². The van der Waals surface area contributed by atoms with Gasteiger partial charge in [0.25, 0.3) is 0 Å². The molecule has 1 aliphatic heterocycles. The van der Waals surface area contributed by atoms with Crippen molar-refractivity contribution >= 4 is 5.91 Å². The lowest BCUT2D eigenvalue weighted by Crippen LogP contribution is -2.41. The van der Waals surface area contributed by atoms with Crippen LogP contribution in [0.25, 0.3) is 11.4 Å². The largest absolute Gasteiger partial charge is 0.442 e. The van der Waals surface area contributed by atoms with Gasteiger partial charge in [0.15, 0.2) is 17.3 Å². The number of hydrogen-bond acceptors (Lipinski definition) is 6. The lowest BCUT2D eigenvalue weighted by Gasteiger charge is -2.14. The van der Waals surface area contributed by atoms with Crippen LogP contribution in [0.1, 0.15) is 18.8 Å². The maximum atomic E-state index is 12.3. The van der Waals surface area contributed by atoms with E-state index in [0.29, 0.717) is 23.1 Å². The zero-order valence-electron chi connectivity index (χ0n) is 13.3. The molecular weight excluding hydrogens is 322 g/mol. The Morgan fingerprint density at radius 3 is 2.52 bits per heavy atom. The van der Waals surface area contributed by atoms with Crippen LogP contribution in [0.4, 0.5) is 0 Å². The lowest BCUT2D eigenvalue weighted by atomic mass is 10.2. The van der Waals surface area contributed by atoms with Crippen molar-refractivity contribution in [3.05, 3.63) is 54.6 Å². The van der Waals surface area contributed by atoms with E-state index in [0.717, 1.165) is 5.56 Å². The quantitative estimate of drug-likeness (QED) is 0.753. The number of pyridine rings is 1. The molecule has 126 valence electrons. The minimum Gasteiger partial charge on any atom is -0.442 e. The summed E-state index contributed by atoms with van der Waals surface area (Å²) in [6, 6.07) is 10.4. The second-order valence-corrected chi connectivity index (χ2v) is 5.52. The van der Waals surface area contributed by atoms with E-state index in [4.69, 9.17) is 9.47 Å². The van der Waals surface area contributed by atoms with Crippen LogP contribution in [-0.4, -0.2) is 32.4 Å². The summed E-state index contributed by atoms with van der Waals surface area (Å²) in [5, 5.41) is 9.81. The second kappa shape index (κ2) is 6.23. The standard InChI is InChI=1S/C17H15N5O3/c1-10(14-20-15(22-21-14)11-6-8-18-9-7-11)19-16(23)17-24-12-4-2-3-5-13(12)25-17/h2-10,17H,1H3,(H,19,23)(H,20,21,22)/t10-/m1/s1. The first-order valence-electron chi connectivity index (χ1n) is 7.76. The van der Waals surface area contributed by atoms with Gasteiger partial charge in [0.05, 0.1) is 6.04 Å². The number of aromatic nitrogens is 4. The third-order valence-corrected chi connectivity index (χ3v) is 3.74. The first kappa shape index (κ1) is 15.1. The molecule has 1 aliphatic rings. The molecule has 1 atom stereocenters. The van der Waals surface area contributed by atoms with Crippen LogP contribution in [0.3, 0.4) is 0 Å². The highest BCUT2D eigenvalue weighted by atomic mass is 16.7. The first-order chi connectivity index (χ1) is 12.2. The molecule has 1 aromatic carbocycles. The van der Waals surface area contributed by atoms with Crippen LogP contribution < -0.4 is 14.8 Å². The Labute approximate surface area is 143 Å². The topological polar surface area (TPSA) is 102 Å². The van der Waals surface area contributed by atoms with Crippen molar-refractivity contribution in [2.45, 2.75) is 19.3 Å². The SMILES string of the molecule is C[C@@H](NC(=O)C1Oc2ccccc2O1)c1nc(-c2ccncc2)n[nH]1. The Bertz CT molecular complexity index is 871. The average molecular weight is 337 g/mol. The van der Waals surface area contributed by atoms with Gasteiger partial charge in [-0.3, -0.25) is 14.9 Å². The lowest BCUT2D eigenvalue weighted by molar-refractivity contribution is -0.137. The van der Waals surface area contributed by atoms with Crippen molar-refractivity contribution in [2.75, 3.05) is 0 Å². The van der Waals surface area contributed by atoms with E-state index in [1.165, 1.54) is 0 Å². The smallest absolute Gasteiger partial charge is 0.321 e. The van der Waals surface area contributed by atoms with Gasteiger partial charge < -0.3 is 14.8 Å². The van der Waals surface area contributed by atoms with Gasteiger partial charge in [-0.15, -0.1) is 0 Å². The summed E-state index contributed by atoms with van der Waals surface area (Å²) in [4.78, 5) is 20.7. The number of aromatic amines is 1. The Morgan fingerprint density at radius 2 is 1.84 bits per heavy atom. The fraction of sp³-hybridized carbons (Fsp3) is 0.176. The van der Waals surface area contributed by atoms with Crippen LogP contribution in [0.15, 0.2) is 48.8 Å². The summed E-state index contributed by atoms with van der Waals surface area (Å²) < 4.78 is 11.0. The summed E-state index contributed by atoms with van der Waals surface area (Å²) >= 11 is 0. The van der Waals surface area contributed by atoms with Gasteiger partial charge in [-0.2, -0.15) is 5.10 Å². The normalized spacial score (nSPS) is 14.3. The predicted octanol–water partition coefficient (Wildman–Crippen LogP) is 1.84. The molecule has 0 radical (unpaired) electrons. The third kappa shape index (κ3) is 3.01. The van der Waals surface area contributed by atoms with Crippen molar-refractivity contribution in [2.24, 2.45) is 0 Å². The van der Waals surface area contributed by atoms with Crippen LogP contribution in [0, 0.1) is 0 Å². The number of carbonyl (C=O) groups excluding carboxylic acids is 1. The molecule has 0 saturated carbocycles. The molecule has 0 aliphatic carbocycles. The molecule has 2 aromatic heterocycles. The Kier molecular flexibility index (Phi) is 3.77. The van der Waals surface area contributed by atoms with Crippen molar-refractivity contribution < 1.29 is 14.3 Å². The third-order valence-electron chi connectivity index (χ3n) is 3.74. The number of carbonyl (C=O) groups is 1. The molecule has 0 unspecified atom stereocenters. The summed E-state index contributed by atoms with van der Waals surface area (Å²) in [5.41, 5.74) is 0.842. The van der Waals surface area contributed by atoms with E-state index in [1.807, 2.05) is 24.3 Å². The molecule has 0 saturated heterocycles. The summed E-state index contributed by atoms with van der Waals surface area (Å²) in [5.74, 6) is 1.80. The number of H-pyrrole nitrogens is 1. The molecule has 2 N–H and O–H groups in total. The monoisotopic (exact) mass is 337 g/mol. The maximum absolute atomic E-state index is 12.3. The molecule has 3 aromatic rings. The molecule has 0 fully saturated rings. The van der Waals surface area contributed by atoms with E-state index in [-0.39, 0.29) is 11.9 Å². The molecule has 8 nitrogen and oxygen atoms in total. The number of ether oxygens (including phenoxy) is 2. The summed E-state index contributed by atoms with van der Waals surface area (Å²) in [6.07, 6.45) is 2.33. The number of hydrogen-bond donors (Lipinski definition) is 2. The average Bonchev–Trinajstić information content (AvgIpc) is 3.29. The second-order valence-electron chi connectivity index (χ2n) is 5.52. The minimum atomic E-state index is -1.01. The van der Waals surface area contributed by atoms with Crippen LogP contribution in [0.5, 0.6) is 11.5 Å². The molecule has 0 spiro atoms. The van der Waals surface area contributed by atoms with Gasteiger partial charge >= 0.3 is 12.2 Å². The highest BCUT2D eigenvalue weighted by Gasteiger charge is 2.31. The van der Waals surface area contributed by atoms with Crippen LogP contribution in [0.2, 0.25) is 0 Å². The zero-order valence-corrected chi connectivity index (χ0v) is 13.3. The molecule has 4 rings (SSSR count). The van der Waals surface area contributed by atoms with E-state index in [2.05, 4.69) is 25.5 Å². The van der Waals surface area contributed by atoms with Crippen molar-refractivity contribution in [1.29, 1.82) is 0 Å². The highest BCUT2D eigenvalue weighted by molar-refractivity contribution is 5.81. The fourth-order valence-corrected chi connectivity index (χ4v) is 2.45. The van der Waals surface area contributed by atoms with Crippen molar-refractivity contribution in [3.63, 3.8) is 0 Å². The molecule has 0 bridgehead atoms. The van der Waals surface area contributed by atoms with E-state index in [1.54, 1.807) is 31.5 Å². The number of nitrogens with one attached hydrogen (secondary N) is 2. The predicted molar refractivity (Wildman–Crippen MR) is 87.7 cm³/mol. The van der Waals surface area contributed by atoms with Gasteiger partial charge in [0.1, 0.15) is 5.82 Å². The minimum absolute atomic E-state index is 0.383. The van der Waals surface area contributed by atoms with Gasteiger partial charge in [0, 0.05) is 18.0 Å². The number of rotatable bonds is 4. The molecular formula is C17H15N5O3. The molecule has 1 amide bonds. The molecule has 25 heavy (non-hydrogen) atoms. The van der Waals surface area contributed by atoms with Gasteiger partial charge in [-0.1, -0.05) is 12.1 Å². The fourth-order valence-electron chi connectivity index (χ4n) is 2.45. The van der Waals surface area contributed by atoms with Gasteiger partial charge in [-0.25, -0.2) is 4.98 Å². The molecule has 8 heteroatoms. The first-order valence-corrected chi connectivity index (χ1v) is 7.76. The zero-order chi connectivity index (χ0) is 17.2. The number of para-hydroxylation sites is 2. The Morgan fingerprint density at radius 1 is 1.16 bits per heavy atom. The summed E-state index contributed by atoms with van der Waals surface area (Å²) in [7, 11) is 0. The number of benzene rings is 1. The van der Waals surface area contributed by atoms with Crippen LogP contribution >= 0.6 is 0 Å². The van der Waals surface area contributed by atoms with E-state index >= 15 is 0 Å². The molecule has 3 heterocycles.